The first-order chi connectivity index (χ1) is 12.0. The molecule has 2 amide bonds. The van der Waals surface area contributed by atoms with Gasteiger partial charge in [0.25, 0.3) is 0 Å². The molecule has 2 aromatic rings. The minimum Gasteiger partial charge on any atom is -0.396 e. The summed E-state index contributed by atoms with van der Waals surface area (Å²) >= 11 is 0. The average Bonchev–Trinajstić information content (AvgIpc) is 2.61. The van der Waals surface area contributed by atoms with Gasteiger partial charge in [-0.15, -0.1) is 0 Å². The van der Waals surface area contributed by atoms with E-state index in [1.54, 1.807) is 6.07 Å². The molecular formula is C20H24N2O3. The van der Waals surface area contributed by atoms with E-state index in [2.05, 4.69) is 10.6 Å². The Balaban J connectivity index is 2.05. The van der Waals surface area contributed by atoms with Crippen LogP contribution in [0.3, 0.4) is 0 Å². The number of aliphatic hydroxyl groups is 1. The number of anilines is 1. The lowest BCUT2D eigenvalue weighted by molar-refractivity contribution is -0.136. The first kappa shape index (κ1) is 18.7. The molecule has 0 saturated heterocycles. The van der Waals surface area contributed by atoms with Crippen LogP contribution in [0.15, 0.2) is 48.5 Å². The smallest absolute Gasteiger partial charge is 0.313 e. The van der Waals surface area contributed by atoms with Crippen LogP contribution in [-0.2, 0) is 9.59 Å². The van der Waals surface area contributed by atoms with Crippen LogP contribution in [0.25, 0.3) is 0 Å². The third-order valence-corrected chi connectivity index (χ3v) is 3.99. The molecule has 0 spiro atoms. The molecule has 1 unspecified atom stereocenters. The molecule has 0 saturated carbocycles. The number of nitrogens with one attached hydrogen (secondary N) is 2. The predicted octanol–water partition coefficient (Wildman–Crippen LogP) is 2.87. The Morgan fingerprint density at radius 2 is 1.76 bits per heavy atom. The van der Waals surface area contributed by atoms with Crippen molar-refractivity contribution in [3.63, 3.8) is 0 Å². The van der Waals surface area contributed by atoms with Crippen molar-refractivity contribution in [2.75, 3.05) is 11.9 Å². The van der Waals surface area contributed by atoms with Crippen LogP contribution in [-0.4, -0.2) is 23.5 Å². The zero-order chi connectivity index (χ0) is 18.2. The second kappa shape index (κ2) is 8.99. The van der Waals surface area contributed by atoms with Crippen LogP contribution >= 0.6 is 0 Å². The molecule has 0 bridgehead atoms. The van der Waals surface area contributed by atoms with Crippen molar-refractivity contribution < 1.29 is 14.7 Å². The summed E-state index contributed by atoms with van der Waals surface area (Å²) in [4.78, 5) is 24.5. The van der Waals surface area contributed by atoms with Crippen molar-refractivity contribution in [1.29, 1.82) is 0 Å². The largest absolute Gasteiger partial charge is 0.396 e. The van der Waals surface area contributed by atoms with E-state index in [4.69, 9.17) is 5.11 Å². The van der Waals surface area contributed by atoms with Gasteiger partial charge in [0.1, 0.15) is 0 Å². The highest BCUT2D eigenvalue weighted by atomic mass is 16.3. The van der Waals surface area contributed by atoms with Crippen molar-refractivity contribution in [1.82, 2.24) is 5.32 Å². The van der Waals surface area contributed by atoms with Gasteiger partial charge in [0.2, 0.25) is 0 Å². The molecule has 2 rings (SSSR count). The Morgan fingerprint density at radius 1 is 1.04 bits per heavy atom. The lowest BCUT2D eigenvalue weighted by atomic mass is 10.0. The molecule has 1 atom stereocenters. The van der Waals surface area contributed by atoms with Gasteiger partial charge in [-0.2, -0.15) is 0 Å². The Morgan fingerprint density at radius 3 is 2.40 bits per heavy atom. The number of carbonyl (C=O) groups is 2. The van der Waals surface area contributed by atoms with Gasteiger partial charge >= 0.3 is 11.8 Å². The van der Waals surface area contributed by atoms with Gasteiger partial charge in [-0.3, -0.25) is 9.59 Å². The number of rotatable bonds is 6. The van der Waals surface area contributed by atoms with Gasteiger partial charge in [-0.25, -0.2) is 0 Å². The summed E-state index contributed by atoms with van der Waals surface area (Å²) < 4.78 is 0. The first-order valence-corrected chi connectivity index (χ1v) is 8.36. The quantitative estimate of drug-likeness (QED) is 0.708. The van der Waals surface area contributed by atoms with Gasteiger partial charge in [-0.05, 0) is 43.9 Å². The van der Waals surface area contributed by atoms with Crippen molar-refractivity contribution in [2.24, 2.45) is 0 Å². The highest BCUT2D eigenvalue weighted by Crippen LogP contribution is 2.19. The zero-order valence-corrected chi connectivity index (χ0v) is 14.6. The monoisotopic (exact) mass is 340 g/mol. The fourth-order valence-corrected chi connectivity index (χ4v) is 2.66. The molecule has 2 aromatic carbocycles. The molecule has 5 heteroatoms. The second-order valence-electron chi connectivity index (χ2n) is 6.08. The van der Waals surface area contributed by atoms with Crippen LogP contribution in [0.4, 0.5) is 5.69 Å². The van der Waals surface area contributed by atoms with E-state index in [0.29, 0.717) is 18.5 Å². The Labute approximate surface area is 148 Å². The van der Waals surface area contributed by atoms with E-state index in [9.17, 15) is 9.59 Å². The minimum atomic E-state index is -0.697. The molecule has 5 nitrogen and oxygen atoms in total. The summed E-state index contributed by atoms with van der Waals surface area (Å²) in [7, 11) is 0. The number of aryl methyl sites for hydroxylation is 2. The number of hydrogen-bond donors (Lipinski definition) is 3. The van der Waals surface area contributed by atoms with Crippen LogP contribution in [0.2, 0.25) is 0 Å². The molecule has 0 aliphatic rings. The van der Waals surface area contributed by atoms with Crippen LogP contribution < -0.4 is 10.6 Å². The lowest BCUT2D eigenvalue weighted by Gasteiger charge is -2.19. The first-order valence-electron chi connectivity index (χ1n) is 8.36. The third-order valence-electron chi connectivity index (χ3n) is 3.99. The molecule has 25 heavy (non-hydrogen) atoms. The summed E-state index contributed by atoms with van der Waals surface area (Å²) in [6, 6.07) is 14.7. The van der Waals surface area contributed by atoms with E-state index >= 15 is 0 Å². The fourth-order valence-electron chi connectivity index (χ4n) is 2.66. The van der Waals surface area contributed by atoms with E-state index in [0.717, 1.165) is 16.7 Å². The van der Waals surface area contributed by atoms with Crippen LogP contribution in [0.1, 0.15) is 35.6 Å². The molecule has 0 radical (unpaired) electrons. The maximum absolute atomic E-state index is 12.3. The molecule has 0 aliphatic heterocycles. The molecule has 0 aromatic heterocycles. The summed E-state index contributed by atoms with van der Waals surface area (Å²) in [5.41, 5.74) is 3.52. The highest BCUT2D eigenvalue weighted by molar-refractivity contribution is 6.39. The van der Waals surface area contributed by atoms with E-state index in [-0.39, 0.29) is 12.6 Å². The van der Waals surface area contributed by atoms with Gasteiger partial charge in [0.15, 0.2) is 0 Å². The third kappa shape index (κ3) is 5.43. The lowest BCUT2D eigenvalue weighted by Crippen LogP contribution is -2.38. The van der Waals surface area contributed by atoms with Gasteiger partial charge in [0.05, 0.1) is 6.04 Å². The maximum atomic E-state index is 12.3. The molecule has 3 N–H and O–H groups in total. The molecule has 132 valence electrons. The molecular weight excluding hydrogens is 316 g/mol. The summed E-state index contributed by atoms with van der Waals surface area (Å²) in [5.74, 6) is -1.39. The van der Waals surface area contributed by atoms with Crippen molar-refractivity contribution in [3.8, 4) is 0 Å². The minimum absolute atomic E-state index is 0.0357. The van der Waals surface area contributed by atoms with Gasteiger partial charge in [0, 0.05) is 12.3 Å². The Hall–Kier alpha value is -2.66. The number of benzene rings is 2. The summed E-state index contributed by atoms with van der Waals surface area (Å²) in [6.07, 6.45) is 1.10. The average molecular weight is 340 g/mol. The van der Waals surface area contributed by atoms with E-state index < -0.39 is 11.8 Å². The standard InChI is InChI=1S/C20H24N2O3/c1-14-10-11-17(15(2)13-14)21-19(24)20(25)22-18(9-6-12-23)16-7-4-3-5-8-16/h3-5,7-8,10-11,13,18,23H,6,9,12H2,1-2H3,(H,21,24)(H,22,25). The summed E-state index contributed by atoms with van der Waals surface area (Å²) in [5, 5.41) is 14.5. The number of hydrogen-bond acceptors (Lipinski definition) is 3. The predicted molar refractivity (Wildman–Crippen MR) is 98.2 cm³/mol. The van der Waals surface area contributed by atoms with Crippen LogP contribution in [0.5, 0.6) is 0 Å². The van der Waals surface area contributed by atoms with Crippen molar-refractivity contribution in [2.45, 2.75) is 32.7 Å². The van der Waals surface area contributed by atoms with Gasteiger partial charge in [-0.1, -0.05) is 48.0 Å². The Bertz CT molecular complexity index is 729. The normalized spacial score (nSPS) is 11.6. The summed E-state index contributed by atoms with van der Waals surface area (Å²) in [6.45, 7) is 3.89. The van der Waals surface area contributed by atoms with E-state index in [1.165, 1.54) is 0 Å². The van der Waals surface area contributed by atoms with Gasteiger partial charge < -0.3 is 15.7 Å². The molecule has 0 aliphatic carbocycles. The maximum Gasteiger partial charge on any atom is 0.313 e. The number of amides is 2. The fraction of sp³-hybridized carbons (Fsp3) is 0.300. The van der Waals surface area contributed by atoms with Crippen molar-refractivity contribution >= 4 is 17.5 Å². The molecule has 0 heterocycles. The second-order valence-corrected chi connectivity index (χ2v) is 6.08. The van der Waals surface area contributed by atoms with Crippen LogP contribution in [0, 0.1) is 13.8 Å². The zero-order valence-electron chi connectivity index (χ0n) is 14.6. The number of carbonyl (C=O) groups excluding carboxylic acids is 2. The number of aliphatic hydroxyl groups excluding tert-OH is 1. The SMILES string of the molecule is Cc1ccc(NC(=O)C(=O)NC(CCCO)c2ccccc2)c(C)c1. The Kier molecular flexibility index (Phi) is 6.71. The van der Waals surface area contributed by atoms with E-state index in [1.807, 2.05) is 56.3 Å². The molecule has 0 fully saturated rings. The topological polar surface area (TPSA) is 78.4 Å². The highest BCUT2D eigenvalue weighted by Gasteiger charge is 2.20. The van der Waals surface area contributed by atoms with Crippen molar-refractivity contribution in [3.05, 3.63) is 65.2 Å².